The number of aromatic nitrogens is 2. The fourth-order valence-electron chi connectivity index (χ4n) is 3.28. The molecule has 1 aromatic heterocycles. The molecule has 0 spiro atoms. The third-order valence-corrected chi connectivity index (χ3v) is 4.81. The first kappa shape index (κ1) is 18.1. The van der Waals surface area contributed by atoms with Crippen LogP contribution in [0.15, 0.2) is 34.7 Å². The molecule has 2 aromatic rings. The molecule has 26 heavy (non-hydrogen) atoms. The van der Waals surface area contributed by atoms with Crippen LogP contribution >= 0.6 is 0 Å². The van der Waals surface area contributed by atoms with Crippen molar-refractivity contribution < 1.29 is 14.0 Å². The molecule has 1 aliphatic rings. The van der Waals surface area contributed by atoms with E-state index in [9.17, 15) is 9.59 Å². The predicted octanol–water partition coefficient (Wildman–Crippen LogP) is 2.50. The predicted molar refractivity (Wildman–Crippen MR) is 95.3 cm³/mol. The van der Waals surface area contributed by atoms with E-state index in [4.69, 9.17) is 4.42 Å². The first-order valence-corrected chi connectivity index (χ1v) is 8.84. The number of nitrogens with zero attached hydrogens (tertiary/aromatic N) is 3. The number of nitrogens with one attached hydrogen (secondary N) is 1. The van der Waals surface area contributed by atoms with Crippen molar-refractivity contribution in [1.82, 2.24) is 20.4 Å². The topological polar surface area (TPSA) is 88.3 Å². The second kappa shape index (κ2) is 7.27. The second-order valence-electron chi connectivity index (χ2n) is 7.11. The average molecular weight is 356 g/mol. The molecule has 0 radical (unpaired) electrons. The monoisotopic (exact) mass is 356 g/mol. The largest absolute Gasteiger partial charge is 0.423 e. The highest BCUT2D eigenvalue weighted by Crippen LogP contribution is 2.31. The number of likely N-dealkylation sites (tertiary alicyclic amines) is 1. The number of aryl methyl sites for hydroxylation is 1. The summed E-state index contributed by atoms with van der Waals surface area (Å²) in [7, 11) is 0. The first-order valence-electron chi connectivity index (χ1n) is 8.84. The zero-order valence-corrected chi connectivity index (χ0v) is 15.4. The quantitative estimate of drug-likeness (QED) is 0.909. The summed E-state index contributed by atoms with van der Waals surface area (Å²) in [5.74, 6) is 0.702. The van der Waals surface area contributed by atoms with E-state index in [2.05, 4.69) is 15.5 Å². The molecule has 1 aliphatic heterocycles. The minimum atomic E-state index is -0.647. The summed E-state index contributed by atoms with van der Waals surface area (Å²) in [6.45, 7) is 6.47. The van der Waals surface area contributed by atoms with Crippen molar-refractivity contribution >= 4 is 11.8 Å². The summed E-state index contributed by atoms with van der Waals surface area (Å²) in [6.07, 6.45) is 1.52. The number of amides is 2. The standard InChI is InChI=1S/C19H24N4O3/c1-13(16-22-21-14(2)26-16)20-18(25)19(3)10-7-11-23(12-19)17(24)15-8-5-4-6-9-15/h4-6,8-9,13H,7,10-12H2,1-3H3,(H,20,25)/t13-,19-/m1/s1. The van der Waals surface area contributed by atoms with Crippen LogP contribution in [0.2, 0.25) is 0 Å². The lowest BCUT2D eigenvalue weighted by Gasteiger charge is -2.39. The van der Waals surface area contributed by atoms with Crippen molar-refractivity contribution in [3.05, 3.63) is 47.7 Å². The molecule has 1 saturated heterocycles. The van der Waals surface area contributed by atoms with Crippen LogP contribution < -0.4 is 5.32 Å². The molecule has 0 saturated carbocycles. The zero-order valence-electron chi connectivity index (χ0n) is 15.4. The molecule has 1 aromatic carbocycles. The highest BCUT2D eigenvalue weighted by Gasteiger charge is 2.40. The van der Waals surface area contributed by atoms with E-state index in [1.165, 1.54) is 0 Å². The Bertz CT molecular complexity index is 789. The number of carbonyl (C=O) groups excluding carboxylic acids is 2. The summed E-state index contributed by atoms with van der Waals surface area (Å²) in [5.41, 5.74) is -0.00157. The molecule has 7 heteroatoms. The minimum Gasteiger partial charge on any atom is -0.423 e. The summed E-state index contributed by atoms with van der Waals surface area (Å²) >= 11 is 0. The number of benzene rings is 1. The van der Waals surface area contributed by atoms with E-state index in [1.54, 1.807) is 24.0 Å². The molecule has 1 N–H and O–H groups in total. The van der Waals surface area contributed by atoms with E-state index >= 15 is 0 Å². The van der Waals surface area contributed by atoms with Crippen molar-refractivity contribution in [2.24, 2.45) is 5.41 Å². The van der Waals surface area contributed by atoms with Crippen molar-refractivity contribution in [3.8, 4) is 0 Å². The fraction of sp³-hybridized carbons (Fsp3) is 0.474. The number of rotatable bonds is 4. The van der Waals surface area contributed by atoms with Gasteiger partial charge in [-0.1, -0.05) is 18.2 Å². The Kier molecular flexibility index (Phi) is 5.06. The third-order valence-electron chi connectivity index (χ3n) is 4.81. The number of piperidine rings is 1. The van der Waals surface area contributed by atoms with Crippen LogP contribution in [-0.4, -0.2) is 40.0 Å². The van der Waals surface area contributed by atoms with Crippen LogP contribution in [0, 0.1) is 12.3 Å². The van der Waals surface area contributed by atoms with Gasteiger partial charge < -0.3 is 14.6 Å². The van der Waals surface area contributed by atoms with Gasteiger partial charge >= 0.3 is 0 Å². The fourth-order valence-corrected chi connectivity index (χ4v) is 3.28. The molecule has 2 heterocycles. The van der Waals surface area contributed by atoms with Gasteiger partial charge in [-0.2, -0.15) is 0 Å². The van der Waals surface area contributed by atoms with Crippen LogP contribution in [0.5, 0.6) is 0 Å². The molecule has 2 atom stereocenters. The van der Waals surface area contributed by atoms with E-state index < -0.39 is 5.41 Å². The van der Waals surface area contributed by atoms with Gasteiger partial charge in [0, 0.05) is 25.6 Å². The van der Waals surface area contributed by atoms with Crippen molar-refractivity contribution in [3.63, 3.8) is 0 Å². The van der Waals surface area contributed by atoms with Gasteiger partial charge in [0.1, 0.15) is 6.04 Å². The van der Waals surface area contributed by atoms with Crippen molar-refractivity contribution in [2.45, 2.75) is 39.7 Å². The van der Waals surface area contributed by atoms with Crippen LogP contribution in [-0.2, 0) is 4.79 Å². The average Bonchev–Trinajstić information content (AvgIpc) is 3.08. The number of hydrogen-bond acceptors (Lipinski definition) is 5. The van der Waals surface area contributed by atoms with Gasteiger partial charge in [-0.05, 0) is 38.8 Å². The van der Waals surface area contributed by atoms with E-state index in [-0.39, 0.29) is 17.9 Å². The smallest absolute Gasteiger partial charge is 0.253 e. The zero-order chi connectivity index (χ0) is 18.7. The molecule has 1 fully saturated rings. The minimum absolute atomic E-state index is 0.0371. The van der Waals surface area contributed by atoms with Crippen LogP contribution in [0.4, 0.5) is 0 Å². The van der Waals surface area contributed by atoms with Gasteiger partial charge in [0.05, 0.1) is 5.41 Å². The molecule has 138 valence electrons. The van der Waals surface area contributed by atoms with Crippen LogP contribution in [0.3, 0.4) is 0 Å². The highest BCUT2D eigenvalue weighted by molar-refractivity contribution is 5.95. The molecule has 0 bridgehead atoms. The Morgan fingerprint density at radius 1 is 1.27 bits per heavy atom. The van der Waals surface area contributed by atoms with Gasteiger partial charge in [-0.3, -0.25) is 9.59 Å². The van der Waals surface area contributed by atoms with E-state index in [0.717, 1.165) is 12.8 Å². The Hall–Kier alpha value is -2.70. The number of carbonyl (C=O) groups is 2. The Morgan fingerprint density at radius 3 is 2.65 bits per heavy atom. The Labute approximate surface area is 152 Å². The lowest BCUT2D eigenvalue weighted by atomic mass is 9.80. The highest BCUT2D eigenvalue weighted by atomic mass is 16.4. The SMILES string of the molecule is Cc1nnc([C@@H](C)NC(=O)[C@]2(C)CCCN(C(=O)c3ccccc3)C2)o1. The van der Waals surface area contributed by atoms with Gasteiger partial charge in [0.15, 0.2) is 0 Å². The Balaban J connectivity index is 1.68. The van der Waals surface area contributed by atoms with Gasteiger partial charge in [-0.25, -0.2) is 0 Å². The van der Waals surface area contributed by atoms with Gasteiger partial charge in [-0.15, -0.1) is 10.2 Å². The van der Waals surface area contributed by atoms with E-state index in [0.29, 0.717) is 30.4 Å². The summed E-state index contributed by atoms with van der Waals surface area (Å²) in [6, 6.07) is 8.79. The van der Waals surface area contributed by atoms with Gasteiger partial charge in [0.2, 0.25) is 17.7 Å². The Morgan fingerprint density at radius 2 is 2.00 bits per heavy atom. The molecule has 0 aliphatic carbocycles. The maximum atomic E-state index is 12.9. The molecular formula is C19H24N4O3. The number of hydrogen-bond donors (Lipinski definition) is 1. The van der Waals surface area contributed by atoms with E-state index in [1.807, 2.05) is 32.0 Å². The summed E-state index contributed by atoms with van der Waals surface area (Å²) in [5, 5.41) is 10.7. The third kappa shape index (κ3) is 3.76. The second-order valence-corrected chi connectivity index (χ2v) is 7.11. The summed E-state index contributed by atoms with van der Waals surface area (Å²) in [4.78, 5) is 27.4. The molecular weight excluding hydrogens is 332 g/mol. The molecule has 0 unspecified atom stereocenters. The normalized spacial score (nSPS) is 21.3. The van der Waals surface area contributed by atoms with Crippen LogP contribution in [0.1, 0.15) is 54.9 Å². The maximum absolute atomic E-state index is 12.9. The first-order chi connectivity index (χ1) is 12.4. The lowest BCUT2D eigenvalue weighted by molar-refractivity contribution is -0.133. The lowest BCUT2D eigenvalue weighted by Crippen LogP contribution is -2.52. The molecule has 2 amide bonds. The van der Waals surface area contributed by atoms with Crippen LogP contribution in [0.25, 0.3) is 0 Å². The summed E-state index contributed by atoms with van der Waals surface area (Å²) < 4.78 is 5.38. The van der Waals surface area contributed by atoms with Crippen molar-refractivity contribution in [1.29, 1.82) is 0 Å². The maximum Gasteiger partial charge on any atom is 0.253 e. The molecule has 7 nitrogen and oxygen atoms in total. The molecule has 3 rings (SSSR count). The van der Waals surface area contributed by atoms with Gasteiger partial charge in [0.25, 0.3) is 5.91 Å². The van der Waals surface area contributed by atoms with Crippen molar-refractivity contribution in [2.75, 3.05) is 13.1 Å².